The lowest BCUT2D eigenvalue weighted by Gasteiger charge is -2.07. The molecule has 2 aromatic carbocycles. The zero-order chi connectivity index (χ0) is 19.6. The highest BCUT2D eigenvalue weighted by atomic mass is 32.2. The number of nitrogens with zero attached hydrogens (tertiary/aromatic N) is 1. The second-order valence-electron chi connectivity index (χ2n) is 6.05. The lowest BCUT2D eigenvalue weighted by molar-refractivity contribution is 0.103. The summed E-state index contributed by atoms with van der Waals surface area (Å²) in [6.45, 7) is 4.45. The first-order chi connectivity index (χ1) is 12.2. The predicted molar refractivity (Wildman–Crippen MR) is 108 cm³/mol. The fourth-order valence-corrected chi connectivity index (χ4v) is 2.68. The molecule has 0 aliphatic carbocycles. The SMILES string of the molecule is C=Cc1cccc(C(=O)c2ccccc2)c1.CN(C)CCCS(N)(=O)=O. The van der Waals surface area contributed by atoms with Crippen LogP contribution >= 0.6 is 0 Å². The number of ketones is 1. The lowest BCUT2D eigenvalue weighted by Crippen LogP contribution is -2.21. The average molecular weight is 375 g/mol. The Morgan fingerprint density at radius 1 is 1.08 bits per heavy atom. The van der Waals surface area contributed by atoms with Crippen LogP contribution in [0.5, 0.6) is 0 Å². The summed E-state index contributed by atoms with van der Waals surface area (Å²) >= 11 is 0. The zero-order valence-corrected chi connectivity index (χ0v) is 16.1. The monoisotopic (exact) mass is 374 g/mol. The van der Waals surface area contributed by atoms with Gasteiger partial charge in [-0.3, -0.25) is 4.79 Å². The summed E-state index contributed by atoms with van der Waals surface area (Å²) in [4.78, 5) is 14.0. The number of hydrogen-bond acceptors (Lipinski definition) is 4. The Labute approximate surface area is 156 Å². The van der Waals surface area contributed by atoms with E-state index < -0.39 is 10.0 Å². The summed E-state index contributed by atoms with van der Waals surface area (Å²) in [5.41, 5.74) is 2.37. The molecule has 0 aliphatic heterocycles. The molecule has 2 N–H and O–H groups in total. The van der Waals surface area contributed by atoms with Crippen molar-refractivity contribution in [1.29, 1.82) is 0 Å². The second kappa shape index (κ2) is 10.7. The maximum Gasteiger partial charge on any atom is 0.209 e. The standard InChI is InChI=1S/C15H12O.C5H14N2O2S/c1-2-12-7-6-10-14(11-12)15(16)13-8-4-3-5-9-13;1-7(2)4-3-5-10(6,8)9/h2-11H,1H2;3-5H2,1-2H3,(H2,6,8,9). The molecule has 0 bridgehead atoms. The molecule has 0 fully saturated rings. The van der Waals surface area contributed by atoms with Gasteiger partial charge >= 0.3 is 0 Å². The molecule has 2 aromatic rings. The van der Waals surface area contributed by atoms with Crippen LogP contribution in [0.1, 0.15) is 27.9 Å². The molecule has 0 spiro atoms. The maximum atomic E-state index is 12.1. The van der Waals surface area contributed by atoms with Gasteiger partial charge in [-0.1, -0.05) is 61.2 Å². The van der Waals surface area contributed by atoms with Crippen molar-refractivity contribution in [3.05, 3.63) is 77.9 Å². The van der Waals surface area contributed by atoms with Gasteiger partial charge in [-0.25, -0.2) is 13.6 Å². The second-order valence-corrected chi connectivity index (χ2v) is 7.78. The van der Waals surface area contributed by atoms with Gasteiger partial charge in [0.1, 0.15) is 0 Å². The van der Waals surface area contributed by atoms with Gasteiger partial charge in [0.2, 0.25) is 10.0 Å². The molecule has 6 heteroatoms. The van der Waals surface area contributed by atoms with E-state index in [2.05, 4.69) is 6.58 Å². The molecule has 140 valence electrons. The Bertz CT molecular complexity index is 816. The van der Waals surface area contributed by atoms with Crippen LogP contribution in [0.25, 0.3) is 6.08 Å². The number of carbonyl (C=O) groups excluding carboxylic acids is 1. The number of nitrogens with two attached hydrogens (primary N) is 1. The van der Waals surface area contributed by atoms with E-state index in [4.69, 9.17) is 5.14 Å². The predicted octanol–water partition coefficient (Wildman–Crippen LogP) is 2.79. The van der Waals surface area contributed by atoms with Crippen molar-refractivity contribution < 1.29 is 13.2 Å². The Morgan fingerprint density at radius 3 is 2.23 bits per heavy atom. The molecule has 26 heavy (non-hydrogen) atoms. The van der Waals surface area contributed by atoms with Crippen molar-refractivity contribution in [1.82, 2.24) is 4.90 Å². The third-order valence-electron chi connectivity index (χ3n) is 3.45. The molecular weight excluding hydrogens is 348 g/mol. The third kappa shape index (κ3) is 8.71. The molecule has 0 saturated heterocycles. The molecule has 0 aromatic heterocycles. The van der Waals surface area contributed by atoms with Gasteiger partial charge in [-0.15, -0.1) is 0 Å². The summed E-state index contributed by atoms with van der Waals surface area (Å²) in [6, 6.07) is 16.7. The van der Waals surface area contributed by atoms with E-state index in [1.165, 1.54) is 0 Å². The van der Waals surface area contributed by atoms with Gasteiger partial charge in [0, 0.05) is 11.1 Å². The number of hydrogen-bond donors (Lipinski definition) is 1. The Kier molecular flexibility index (Phi) is 8.92. The normalized spacial score (nSPS) is 10.8. The van der Waals surface area contributed by atoms with Crippen LogP contribution < -0.4 is 5.14 Å². The number of rotatable bonds is 7. The van der Waals surface area contributed by atoms with Crippen molar-refractivity contribution in [2.75, 3.05) is 26.4 Å². The van der Waals surface area contributed by atoms with E-state index in [0.717, 1.165) is 12.1 Å². The van der Waals surface area contributed by atoms with Gasteiger partial charge in [-0.2, -0.15) is 0 Å². The minimum Gasteiger partial charge on any atom is -0.309 e. The van der Waals surface area contributed by atoms with Gasteiger partial charge in [-0.05, 0) is 38.7 Å². The fourth-order valence-electron chi connectivity index (χ4n) is 2.15. The topological polar surface area (TPSA) is 80.5 Å². The molecule has 2 rings (SSSR count). The summed E-state index contributed by atoms with van der Waals surface area (Å²) in [6.07, 6.45) is 2.34. The summed E-state index contributed by atoms with van der Waals surface area (Å²) < 4.78 is 20.7. The van der Waals surface area contributed by atoms with Gasteiger partial charge in [0.05, 0.1) is 5.75 Å². The highest BCUT2D eigenvalue weighted by Crippen LogP contribution is 2.12. The number of primary sulfonamides is 1. The van der Waals surface area contributed by atoms with Crippen LogP contribution in [-0.4, -0.2) is 45.5 Å². The van der Waals surface area contributed by atoms with E-state index in [1.807, 2.05) is 73.6 Å². The minimum absolute atomic E-state index is 0.0456. The molecule has 5 nitrogen and oxygen atoms in total. The number of benzene rings is 2. The molecule has 0 unspecified atom stereocenters. The van der Waals surface area contributed by atoms with Crippen molar-refractivity contribution in [3.8, 4) is 0 Å². The first kappa shape index (κ1) is 21.8. The average Bonchev–Trinajstić information content (AvgIpc) is 2.61. The van der Waals surface area contributed by atoms with Crippen molar-refractivity contribution in [3.63, 3.8) is 0 Å². The van der Waals surface area contributed by atoms with E-state index in [9.17, 15) is 13.2 Å². The van der Waals surface area contributed by atoms with Gasteiger partial charge < -0.3 is 4.90 Å². The smallest absolute Gasteiger partial charge is 0.209 e. The first-order valence-electron chi connectivity index (χ1n) is 8.20. The maximum absolute atomic E-state index is 12.1. The zero-order valence-electron chi connectivity index (χ0n) is 15.3. The van der Waals surface area contributed by atoms with Crippen molar-refractivity contribution >= 4 is 21.9 Å². The first-order valence-corrected chi connectivity index (χ1v) is 9.92. The molecule has 0 radical (unpaired) electrons. The van der Waals surface area contributed by atoms with E-state index >= 15 is 0 Å². The van der Waals surface area contributed by atoms with E-state index in [-0.39, 0.29) is 11.5 Å². The fraction of sp³-hybridized carbons (Fsp3) is 0.250. The number of carbonyl (C=O) groups is 1. The molecular formula is C20H26N2O3S. The highest BCUT2D eigenvalue weighted by molar-refractivity contribution is 7.89. The Balaban J connectivity index is 0.000000294. The minimum atomic E-state index is -3.25. The molecule has 0 saturated carbocycles. The quantitative estimate of drug-likeness (QED) is 0.756. The van der Waals surface area contributed by atoms with E-state index in [0.29, 0.717) is 17.5 Å². The van der Waals surface area contributed by atoms with Crippen LogP contribution in [0.15, 0.2) is 61.2 Å². The largest absolute Gasteiger partial charge is 0.309 e. The van der Waals surface area contributed by atoms with Crippen LogP contribution in [0.4, 0.5) is 0 Å². The molecule has 0 aliphatic rings. The van der Waals surface area contributed by atoms with E-state index in [1.54, 1.807) is 6.08 Å². The highest BCUT2D eigenvalue weighted by Gasteiger charge is 2.07. The van der Waals surface area contributed by atoms with Crippen LogP contribution in [-0.2, 0) is 10.0 Å². The van der Waals surface area contributed by atoms with Crippen LogP contribution in [0, 0.1) is 0 Å². The Hall–Kier alpha value is -2.28. The molecule has 0 amide bonds. The van der Waals surface area contributed by atoms with Crippen LogP contribution in [0.2, 0.25) is 0 Å². The lowest BCUT2D eigenvalue weighted by atomic mass is 10.0. The van der Waals surface area contributed by atoms with Gasteiger partial charge in [0.15, 0.2) is 5.78 Å². The number of sulfonamides is 1. The van der Waals surface area contributed by atoms with Gasteiger partial charge in [0.25, 0.3) is 0 Å². The molecule has 0 heterocycles. The molecule has 0 atom stereocenters. The van der Waals surface area contributed by atoms with Crippen molar-refractivity contribution in [2.24, 2.45) is 5.14 Å². The van der Waals surface area contributed by atoms with Crippen molar-refractivity contribution in [2.45, 2.75) is 6.42 Å². The third-order valence-corrected chi connectivity index (χ3v) is 4.31. The Morgan fingerprint density at radius 2 is 1.69 bits per heavy atom. The summed E-state index contributed by atoms with van der Waals surface area (Å²) in [5, 5.41) is 4.78. The summed E-state index contributed by atoms with van der Waals surface area (Å²) in [7, 11) is 0.538. The summed E-state index contributed by atoms with van der Waals surface area (Å²) in [5.74, 6) is 0.120. The van der Waals surface area contributed by atoms with Crippen LogP contribution in [0.3, 0.4) is 0 Å².